The molecule has 1 aliphatic heterocycles. The van der Waals surface area contributed by atoms with Gasteiger partial charge in [0.2, 0.25) is 5.91 Å². The summed E-state index contributed by atoms with van der Waals surface area (Å²) in [5, 5.41) is 0. The van der Waals surface area contributed by atoms with Gasteiger partial charge in [0.15, 0.2) is 0 Å². The zero-order valence-corrected chi connectivity index (χ0v) is 12.4. The molecule has 0 spiro atoms. The number of nitrogens with zero attached hydrogens (tertiary/aromatic N) is 2. The number of carbonyl (C=O) groups excluding carboxylic acids is 1. The van der Waals surface area contributed by atoms with Gasteiger partial charge >= 0.3 is 0 Å². The normalized spacial score (nSPS) is 17.4. The maximum absolute atomic E-state index is 12.3. The third-order valence-corrected chi connectivity index (χ3v) is 3.57. The van der Waals surface area contributed by atoms with Crippen molar-refractivity contribution in [3.63, 3.8) is 0 Å². The third-order valence-electron chi connectivity index (χ3n) is 3.57. The Morgan fingerprint density at radius 3 is 2.80 bits per heavy atom. The lowest BCUT2D eigenvalue weighted by molar-refractivity contribution is -0.129. The molecule has 0 aliphatic carbocycles. The molecule has 0 fully saturated rings. The van der Waals surface area contributed by atoms with Crippen molar-refractivity contribution in [3.8, 4) is 5.75 Å². The van der Waals surface area contributed by atoms with E-state index in [-0.39, 0.29) is 12.0 Å². The highest BCUT2D eigenvalue weighted by atomic mass is 16.5. The summed E-state index contributed by atoms with van der Waals surface area (Å²) >= 11 is 0. The summed E-state index contributed by atoms with van der Waals surface area (Å²) in [6.07, 6.45) is 0.0498. The molecule has 2 N–H and O–H groups in total. The Morgan fingerprint density at radius 2 is 2.15 bits per heavy atom. The monoisotopic (exact) mass is 277 g/mol. The van der Waals surface area contributed by atoms with Crippen LogP contribution in [-0.4, -0.2) is 43.1 Å². The summed E-state index contributed by atoms with van der Waals surface area (Å²) in [6, 6.07) is 5.58. The largest absolute Gasteiger partial charge is 0.487 e. The van der Waals surface area contributed by atoms with Crippen LogP contribution in [0.5, 0.6) is 5.75 Å². The summed E-state index contributed by atoms with van der Waals surface area (Å²) in [6.45, 7) is 8.57. The van der Waals surface area contributed by atoms with Crippen molar-refractivity contribution in [1.29, 1.82) is 0 Å². The van der Waals surface area contributed by atoms with Gasteiger partial charge < -0.3 is 20.3 Å². The van der Waals surface area contributed by atoms with Crippen LogP contribution >= 0.6 is 0 Å². The van der Waals surface area contributed by atoms with E-state index in [4.69, 9.17) is 10.5 Å². The van der Waals surface area contributed by atoms with Crippen LogP contribution in [0.15, 0.2) is 18.2 Å². The van der Waals surface area contributed by atoms with Crippen molar-refractivity contribution in [2.24, 2.45) is 0 Å². The van der Waals surface area contributed by atoms with Crippen LogP contribution in [0.3, 0.4) is 0 Å². The van der Waals surface area contributed by atoms with Crippen molar-refractivity contribution < 1.29 is 9.53 Å². The maximum atomic E-state index is 12.3. The van der Waals surface area contributed by atoms with Crippen LogP contribution in [0, 0.1) is 0 Å². The van der Waals surface area contributed by atoms with Crippen molar-refractivity contribution >= 4 is 17.3 Å². The highest BCUT2D eigenvalue weighted by molar-refractivity contribution is 5.82. The molecule has 0 aromatic heterocycles. The van der Waals surface area contributed by atoms with Gasteiger partial charge in [-0.05, 0) is 32.9 Å². The third kappa shape index (κ3) is 2.98. The predicted molar refractivity (Wildman–Crippen MR) is 81.1 cm³/mol. The molecule has 1 heterocycles. The van der Waals surface area contributed by atoms with Crippen molar-refractivity contribution in [3.05, 3.63) is 18.2 Å². The van der Waals surface area contributed by atoms with Crippen LogP contribution < -0.4 is 15.4 Å². The number of anilines is 2. The second-order valence-corrected chi connectivity index (χ2v) is 5.10. The maximum Gasteiger partial charge on any atom is 0.242 e. The SMILES string of the molecule is CCN(CC)C(=O)CN1CC(C)Oc2cc(N)ccc21. The molecule has 110 valence electrons. The number of carbonyl (C=O) groups is 1. The van der Waals surface area contributed by atoms with Gasteiger partial charge in [0.25, 0.3) is 0 Å². The standard InChI is InChI=1S/C15H23N3O2/c1-4-17(5-2)15(19)10-18-9-11(3)20-14-8-12(16)6-7-13(14)18/h6-8,11H,4-5,9-10,16H2,1-3H3. The summed E-state index contributed by atoms with van der Waals surface area (Å²) in [5.74, 6) is 0.906. The minimum atomic E-state index is 0.0498. The van der Waals surface area contributed by atoms with Crippen molar-refractivity contribution in [2.45, 2.75) is 26.9 Å². The molecule has 1 aromatic rings. The Balaban J connectivity index is 2.19. The molecule has 1 aromatic carbocycles. The number of rotatable bonds is 4. The van der Waals surface area contributed by atoms with Crippen LogP contribution in [0.1, 0.15) is 20.8 Å². The number of hydrogen-bond donors (Lipinski definition) is 1. The number of likely N-dealkylation sites (N-methyl/N-ethyl adjacent to an activating group) is 1. The average molecular weight is 277 g/mol. The smallest absolute Gasteiger partial charge is 0.242 e. The molecule has 1 aliphatic rings. The lowest BCUT2D eigenvalue weighted by Crippen LogP contribution is -2.45. The summed E-state index contributed by atoms with van der Waals surface area (Å²) in [7, 11) is 0. The molecule has 5 nitrogen and oxygen atoms in total. The van der Waals surface area contributed by atoms with E-state index in [0.717, 1.165) is 24.5 Å². The van der Waals surface area contributed by atoms with Crippen LogP contribution in [0.4, 0.5) is 11.4 Å². The fraction of sp³-hybridized carbons (Fsp3) is 0.533. The van der Waals surface area contributed by atoms with E-state index in [2.05, 4.69) is 4.90 Å². The topological polar surface area (TPSA) is 58.8 Å². The summed E-state index contributed by atoms with van der Waals surface area (Å²) in [4.78, 5) is 16.2. The number of ether oxygens (including phenoxy) is 1. The number of nitrogen functional groups attached to an aromatic ring is 1. The number of hydrogen-bond acceptors (Lipinski definition) is 4. The number of amides is 1. The molecule has 0 radical (unpaired) electrons. The highest BCUT2D eigenvalue weighted by Crippen LogP contribution is 2.34. The van der Waals surface area contributed by atoms with Crippen LogP contribution in [0.25, 0.3) is 0 Å². The van der Waals surface area contributed by atoms with Gasteiger partial charge in [0, 0.05) is 24.8 Å². The van der Waals surface area contributed by atoms with E-state index in [0.29, 0.717) is 18.8 Å². The molecule has 0 bridgehead atoms. The lowest BCUT2D eigenvalue weighted by atomic mass is 10.2. The molecule has 2 rings (SSSR count). The van der Waals surface area contributed by atoms with Gasteiger partial charge in [-0.15, -0.1) is 0 Å². The lowest BCUT2D eigenvalue weighted by Gasteiger charge is -2.35. The van der Waals surface area contributed by atoms with Gasteiger partial charge in [0.05, 0.1) is 18.8 Å². The number of fused-ring (bicyclic) bond motifs is 1. The number of benzene rings is 1. The van der Waals surface area contributed by atoms with Gasteiger partial charge in [-0.3, -0.25) is 4.79 Å². The van der Waals surface area contributed by atoms with Gasteiger partial charge in [-0.2, -0.15) is 0 Å². The molecule has 0 saturated carbocycles. The molecule has 1 amide bonds. The Morgan fingerprint density at radius 1 is 1.45 bits per heavy atom. The van der Waals surface area contributed by atoms with Gasteiger partial charge in [0.1, 0.15) is 11.9 Å². The highest BCUT2D eigenvalue weighted by Gasteiger charge is 2.25. The van der Waals surface area contributed by atoms with Crippen LogP contribution in [0.2, 0.25) is 0 Å². The fourth-order valence-electron chi connectivity index (χ4n) is 2.54. The molecule has 0 saturated heterocycles. The quantitative estimate of drug-likeness (QED) is 0.851. The first kappa shape index (κ1) is 14.5. The second-order valence-electron chi connectivity index (χ2n) is 5.10. The van der Waals surface area contributed by atoms with E-state index in [1.54, 1.807) is 0 Å². The molecular weight excluding hydrogens is 254 g/mol. The minimum Gasteiger partial charge on any atom is -0.487 e. The minimum absolute atomic E-state index is 0.0498. The first-order chi connectivity index (χ1) is 9.55. The predicted octanol–water partition coefficient (Wildman–Crippen LogP) is 1.72. The zero-order valence-electron chi connectivity index (χ0n) is 12.4. The van der Waals surface area contributed by atoms with E-state index < -0.39 is 0 Å². The van der Waals surface area contributed by atoms with Gasteiger partial charge in [-0.25, -0.2) is 0 Å². The molecular formula is C15H23N3O2. The molecule has 5 heteroatoms. The molecule has 1 atom stereocenters. The van der Waals surface area contributed by atoms with Crippen molar-refractivity contribution in [1.82, 2.24) is 4.90 Å². The van der Waals surface area contributed by atoms with Gasteiger partial charge in [-0.1, -0.05) is 0 Å². The molecule has 1 unspecified atom stereocenters. The van der Waals surface area contributed by atoms with E-state index in [9.17, 15) is 4.79 Å². The van der Waals surface area contributed by atoms with Crippen molar-refractivity contribution in [2.75, 3.05) is 36.8 Å². The average Bonchev–Trinajstić information content (AvgIpc) is 2.39. The Bertz CT molecular complexity index is 486. The summed E-state index contributed by atoms with van der Waals surface area (Å²) < 4.78 is 5.79. The first-order valence-electron chi connectivity index (χ1n) is 7.14. The first-order valence-corrected chi connectivity index (χ1v) is 7.14. The zero-order chi connectivity index (χ0) is 14.7. The fourth-order valence-corrected chi connectivity index (χ4v) is 2.54. The molecule has 20 heavy (non-hydrogen) atoms. The van der Waals surface area contributed by atoms with E-state index in [1.165, 1.54) is 0 Å². The second kappa shape index (κ2) is 6.03. The summed E-state index contributed by atoms with van der Waals surface area (Å²) in [5.41, 5.74) is 7.41. The van der Waals surface area contributed by atoms with Crippen LogP contribution in [-0.2, 0) is 4.79 Å². The van der Waals surface area contributed by atoms with E-state index in [1.807, 2.05) is 43.9 Å². The Hall–Kier alpha value is -1.91. The Kier molecular flexibility index (Phi) is 4.37. The number of nitrogens with two attached hydrogens (primary N) is 1. The van der Waals surface area contributed by atoms with E-state index >= 15 is 0 Å². The Labute approximate surface area is 120 Å².